The maximum Gasteiger partial charge on any atom is 0.243 e. The molecule has 0 aromatic heterocycles. The Bertz CT molecular complexity index is 477. The molecule has 0 unspecified atom stereocenters. The van der Waals surface area contributed by atoms with Gasteiger partial charge >= 0.3 is 0 Å². The molecular formula is C12H17BrN4O2. The van der Waals surface area contributed by atoms with Crippen molar-refractivity contribution >= 4 is 39.1 Å². The third-order valence-corrected chi connectivity index (χ3v) is 2.84. The van der Waals surface area contributed by atoms with Gasteiger partial charge in [-0.15, -0.1) is 0 Å². The van der Waals surface area contributed by atoms with E-state index in [1.807, 2.05) is 31.1 Å². The zero-order valence-electron chi connectivity index (χ0n) is 10.9. The molecule has 0 bridgehead atoms. The Hall–Kier alpha value is -1.60. The molecule has 0 aliphatic heterocycles. The number of carbonyl (C=O) groups excluding carboxylic acids is 2. The van der Waals surface area contributed by atoms with E-state index in [4.69, 9.17) is 5.73 Å². The van der Waals surface area contributed by atoms with E-state index in [0.29, 0.717) is 5.69 Å². The molecule has 6 nitrogen and oxygen atoms in total. The van der Waals surface area contributed by atoms with Crippen LogP contribution in [0.25, 0.3) is 0 Å². The molecule has 0 aliphatic rings. The number of hydrogen-bond acceptors (Lipinski definition) is 4. The van der Waals surface area contributed by atoms with E-state index in [9.17, 15) is 9.59 Å². The molecule has 1 rings (SSSR count). The molecule has 1 aromatic carbocycles. The van der Waals surface area contributed by atoms with Gasteiger partial charge in [-0.25, -0.2) is 0 Å². The first kappa shape index (κ1) is 15.5. The van der Waals surface area contributed by atoms with Gasteiger partial charge in [0.15, 0.2) is 0 Å². The lowest BCUT2D eigenvalue weighted by atomic mass is 10.2. The number of halogens is 1. The number of carbonyl (C=O) groups is 2. The topological polar surface area (TPSA) is 87.5 Å². The first-order chi connectivity index (χ1) is 8.93. The average Bonchev–Trinajstić information content (AvgIpc) is 2.35. The lowest BCUT2D eigenvalue weighted by Crippen LogP contribution is -2.36. The Morgan fingerprint density at radius 2 is 2.00 bits per heavy atom. The van der Waals surface area contributed by atoms with Crippen molar-refractivity contribution in [2.24, 2.45) is 5.73 Å². The van der Waals surface area contributed by atoms with Crippen LogP contribution < -0.4 is 21.3 Å². The van der Waals surface area contributed by atoms with Crippen LogP contribution in [0.15, 0.2) is 22.7 Å². The van der Waals surface area contributed by atoms with Crippen molar-refractivity contribution in [3.63, 3.8) is 0 Å². The fraction of sp³-hybridized carbons (Fsp3) is 0.333. The molecule has 0 saturated carbocycles. The smallest absolute Gasteiger partial charge is 0.243 e. The van der Waals surface area contributed by atoms with Gasteiger partial charge < -0.3 is 21.3 Å². The average molecular weight is 329 g/mol. The van der Waals surface area contributed by atoms with Crippen molar-refractivity contribution in [3.05, 3.63) is 22.7 Å². The van der Waals surface area contributed by atoms with Crippen LogP contribution in [0.1, 0.15) is 0 Å². The lowest BCUT2D eigenvalue weighted by molar-refractivity contribution is -0.123. The highest BCUT2D eigenvalue weighted by molar-refractivity contribution is 9.10. The van der Waals surface area contributed by atoms with Gasteiger partial charge in [0.25, 0.3) is 0 Å². The second kappa shape index (κ2) is 7.10. The third-order valence-electron chi connectivity index (χ3n) is 2.35. The summed E-state index contributed by atoms with van der Waals surface area (Å²) in [5.41, 5.74) is 6.69. The van der Waals surface area contributed by atoms with E-state index in [1.165, 1.54) is 0 Å². The van der Waals surface area contributed by atoms with Crippen LogP contribution in [0.4, 0.5) is 11.4 Å². The van der Waals surface area contributed by atoms with E-state index >= 15 is 0 Å². The molecule has 19 heavy (non-hydrogen) atoms. The number of nitrogens with two attached hydrogens (primary N) is 1. The summed E-state index contributed by atoms with van der Waals surface area (Å²) < 4.78 is 0.861. The molecule has 0 atom stereocenters. The van der Waals surface area contributed by atoms with Gasteiger partial charge in [-0.05, 0) is 18.2 Å². The van der Waals surface area contributed by atoms with Crippen LogP contribution in [0.5, 0.6) is 0 Å². The van der Waals surface area contributed by atoms with E-state index in [0.717, 1.165) is 10.2 Å². The summed E-state index contributed by atoms with van der Waals surface area (Å²) in [7, 11) is 3.77. The fourth-order valence-corrected chi connectivity index (χ4v) is 1.80. The van der Waals surface area contributed by atoms with E-state index < -0.39 is 0 Å². The predicted octanol–water partition coefficient (Wildman–Crippen LogP) is 0.528. The van der Waals surface area contributed by atoms with Crippen molar-refractivity contribution in [2.75, 3.05) is 37.4 Å². The minimum atomic E-state index is -0.364. The zero-order chi connectivity index (χ0) is 14.4. The summed E-state index contributed by atoms with van der Waals surface area (Å²) >= 11 is 3.35. The highest BCUT2D eigenvalue weighted by Gasteiger charge is 2.09. The molecule has 104 valence electrons. The summed E-state index contributed by atoms with van der Waals surface area (Å²) in [5, 5.41) is 5.16. The molecule has 0 radical (unpaired) electrons. The van der Waals surface area contributed by atoms with Crippen molar-refractivity contribution in [1.29, 1.82) is 0 Å². The monoisotopic (exact) mass is 328 g/mol. The summed E-state index contributed by atoms with van der Waals surface area (Å²) in [6.45, 7) is -0.234. The van der Waals surface area contributed by atoms with Crippen LogP contribution in [0.3, 0.4) is 0 Å². The molecular weight excluding hydrogens is 312 g/mol. The Morgan fingerprint density at radius 3 is 2.58 bits per heavy atom. The maximum absolute atomic E-state index is 11.7. The molecule has 0 aliphatic carbocycles. The SMILES string of the molecule is CN(C)c1ccc(Br)cc1NC(=O)CNC(=O)CN. The Labute approximate surface area is 120 Å². The highest BCUT2D eigenvalue weighted by Crippen LogP contribution is 2.27. The summed E-state index contributed by atoms with van der Waals surface area (Å²) in [6, 6.07) is 5.58. The molecule has 2 amide bonds. The quantitative estimate of drug-likeness (QED) is 0.735. The van der Waals surface area contributed by atoms with Crippen molar-refractivity contribution in [3.8, 4) is 0 Å². The summed E-state index contributed by atoms with van der Waals surface area (Å²) in [5.74, 6) is -0.666. The standard InChI is InChI=1S/C12H17BrN4O2/c1-17(2)10-4-3-8(13)5-9(10)16-12(19)7-15-11(18)6-14/h3-5H,6-7,14H2,1-2H3,(H,15,18)(H,16,19). The first-order valence-electron chi connectivity index (χ1n) is 5.67. The van der Waals surface area contributed by atoms with Crippen LogP contribution in [0, 0.1) is 0 Å². The van der Waals surface area contributed by atoms with Crippen LogP contribution in [0.2, 0.25) is 0 Å². The van der Waals surface area contributed by atoms with Crippen molar-refractivity contribution in [2.45, 2.75) is 0 Å². The van der Waals surface area contributed by atoms with E-state index in [-0.39, 0.29) is 24.9 Å². The van der Waals surface area contributed by atoms with Crippen LogP contribution in [-0.2, 0) is 9.59 Å². The maximum atomic E-state index is 11.7. The van der Waals surface area contributed by atoms with E-state index in [1.54, 1.807) is 6.07 Å². The third kappa shape index (κ3) is 4.88. The van der Waals surface area contributed by atoms with Gasteiger partial charge in [-0.2, -0.15) is 0 Å². The minimum absolute atomic E-state index is 0.102. The normalized spacial score (nSPS) is 9.89. The van der Waals surface area contributed by atoms with Crippen molar-refractivity contribution < 1.29 is 9.59 Å². The number of hydrogen-bond donors (Lipinski definition) is 3. The number of nitrogens with one attached hydrogen (secondary N) is 2. The second-order valence-electron chi connectivity index (χ2n) is 4.08. The number of rotatable bonds is 5. The Kier molecular flexibility index (Phi) is 5.78. The van der Waals surface area contributed by atoms with Gasteiger partial charge in [0.2, 0.25) is 11.8 Å². The summed E-state index contributed by atoms with van der Waals surface area (Å²) in [6.07, 6.45) is 0. The summed E-state index contributed by atoms with van der Waals surface area (Å²) in [4.78, 5) is 24.6. The van der Waals surface area contributed by atoms with Gasteiger partial charge in [0, 0.05) is 18.6 Å². The van der Waals surface area contributed by atoms with E-state index in [2.05, 4.69) is 26.6 Å². The van der Waals surface area contributed by atoms with Crippen LogP contribution >= 0.6 is 15.9 Å². The molecule has 0 fully saturated rings. The molecule has 0 spiro atoms. The van der Waals surface area contributed by atoms with Gasteiger partial charge in [-0.1, -0.05) is 15.9 Å². The van der Waals surface area contributed by atoms with Gasteiger partial charge in [0.1, 0.15) is 0 Å². The molecule has 4 N–H and O–H groups in total. The number of amides is 2. The highest BCUT2D eigenvalue weighted by atomic mass is 79.9. The van der Waals surface area contributed by atoms with Gasteiger partial charge in [-0.3, -0.25) is 9.59 Å². The molecule has 1 aromatic rings. The predicted molar refractivity (Wildman–Crippen MR) is 79.2 cm³/mol. The fourth-order valence-electron chi connectivity index (χ4n) is 1.44. The molecule has 0 heterocycles. The molecule has 0 saturated heterocycles. The first-order valence-corrected chi connectivity index (χ1v) is 6.47. The Balaban J connectivity index is 2.73. The minimum Gasteiger partial charge on any atom is -0.376 e. The zero-order valence-corrected chi connectivity index (χ0v) is 12.5. The lowest BCUT2D eigenvalue weighted by Gasteiger charge is -2.18. The number of benzene rings is 1. The Morgan fingerprint density at radius 1 is 1.32 bits per heavy atom. The largest absolute Gasteiger partial charge is 0.376 e. The van der Waals surface area contributed by atoms with Crippen LogP contribution in [-0.4, -0.2) is 39.0 Å². The van der Waals surface area contributed by atoms with Crippen molar-refractivity contribution in [1.82, 2.24) is 5.32 Å². The number of nitrogens with zero attached hydrogens (tertiary/aromatic N) is 1. The molecule has 7 heteroatoms. The second-order valence-corrected chi connectivity index (χ2v) is 5.00. The van der Waals surface area contributed by atoms with Gasteiger partial charge in [0.05, 0.1) is 24.5 Å². The number of anilines is 2.